The number of amides is 1. The van der Waals surface area contributed by atoms with Crippen LogP contribution in [0.1, 0.15) is 27.2 Å². The number of hydrogen-bond donors (Lipinski definition) is 2. The standard InChI is InChI=1S/C15H16N2OS/c18-15(17-10-13-4-2-8-19-13)12-5-6-14-11(9-12)3-1-7-16-14/h2,4-6,8-9,16H,1,3,7,10H2,(H,17,18). The number of fused-ring (bicyclic) bond motifs is 1. The number of nitrogens with one attached hydrogen (secondary N) is 2. The Morgan fingerprint density at radius 2 is 2.32 bits per heavy atom. The molecule has 1 aliphatic rings. The molecule has 0 aliphatic carbocycles. The van der Waals surface area contributed by atoms with Gasteiger partial charge in [0.05, 0.1) is 6.54 Å². The van der Waals surface area contributed by atoms with Crippen LogP contribution in [0, 0.1) is 0 Å². The Morgan fingerprint density at radius 1 is 1.37 bits per heavy atom. The van der Waals surface area contributed by atoms with Crippen LogP contribution in [0.4, 0.5) is 5.69 Å². The van der Waals surface area contributed by atoms with Gasteiger partial charge in [-0.15, -0.1) is 11.3 Å². The Balaban J connectivity index is 1.69. The number of carbonyl (C=O) groups is 1. The summed E-state index contributed by atoms with van der Waals surface area (Å²) in [6.45, 7) is 1.63. The van der Waals surface area contributed by atoms with E-state index >= 15 is 0 Å². The maximum Gasteiger partial charge on any atom is 0.251 e. The molecule has 0 radical (unpaired) electrons. The lowest BCUT2D eigenvalue weighted by atomic mass is 10.0. The Hall–Kier alpha value is -1.81. The molecular formula is C15H16N2OS. The lowest BCUT2D eigenvalue weighted by Crippen LogP contribution is -2.23. The Bertz CT molecular complexity index is 578. The molecule has 1 aromatic heterocycles. The van der Waals surface area contributed by atoms with Crippen molar-refractivity contribution in [2.45, 2.75) is 19.4 Å². The molecule has 1 aliphatic heterocycles. The quantitative estimate of drug-likeness (QED) is 0.901. The zero-order valence-corrected chi connectivity index (χ0v) is 11.4. The number of carbonyl (C=O) groups excluding carboxylic acids is 1. The fourth-order valence-corrected chi connectivity index (χ4v) is 2.94. The average molecular weight is 272 g/mol. The molecule has 3 nitrogen and oxygen atoms in total. The Morgan fingerprint density at radius 3 is 3.16 bits per heavy atom. The zero-order valence-electron chi connectivity index (χ0n) is 10.6. The molecule has 0 unspecified atom stereocenters. The largest absolute Gasteiger partial charge is 0.385 e. The van der Waals surface area contributed by atoms with E-state index in [-0.39, 0.29) is 5.91 Å². The topological polar surface area (TPSA) is 41.1 Å². The van der Waals surface area contributed by atoms with E-state index < -0.39 is 0 Å². The van der Waals surface area contributed by atoms with Crippen molar-refractivity contribution in [3.63, 3.8) is 0 Å². The van der Waals surface area contributed by atoms with Crippen LogP contribution in [0.3, 0.4) is 0 Å². The number of aryl methyl sites for hydroxylation is 1. The minimum Gasteiger partial charge on any atom is -0.385 e. The number of thiophene rings is 1. The summed E-state index contributed by atoms with van der Waals surface area (Å²) in [5.41, 5.74) is 3.16. The SMILES string of the molecule is O=C(NCc1cccs1)c1ccc2c(c1)CCCN2. The second kappa shape index (κ2) is 5.45. The maximum atomic E-state index is 12.1. The van der Waals surface area contributed by atoms with Gasteiger partial charge in [-0.1, -0.05) is 6.07 Å². The van der Waals surface area contributed by atoms with Crippen LogP contribution < -0.4 is 10.6 Å². The predicted molar refractivity (Wildman–Crippen MR) is 78.7 cm³/mol. The second-order valence-corrected chi connectivity index (χ2v) is 5.70. The first-order chi connectivity index (χ1) is 9.33. The van der Waals surface area contributed by atoms with E-state index in [0.717, 1.165) is 24.9 Å². The molecule has 4 heteroatoms. The highest BCUT2D eigenvalue weighted by atomic mass is 32.1. The number of benzene rings is 1. The first-order valence-corrected chi connectivity index (χ1v) is 7.38. The molecule has 2 heterocycles. The van der Waals surface area contributed by atoms with Gasteiger partial charge >= 0.3 is 0 Å². The van der Waals surface area contributed by atoms with Gasteiger partial charge in [0.1, 0.15) is 0 Å². The third-order valence-corrected chi connectivity index (χ3v) is 4.19. The molecule has 98 valence electrons. The summed E-state index contributed by atoms with van der Waals surface area (Å²) in [5, 5.41) is 8.33. The molecule has 0 saturated heterocycles. The maximum absolute atomic E-state index is 12.1. The van der Waals surface area contributed by atoms with Crippen LogP contribution in [-0.2, 0) is 13.0 Å². The molecule has 1 aromatic carbocycles. The third-order valence-electron chi connectivity index (χ3n) is 3.31. The van der Waals surface area contributed by atoms with Crippen LogP contribution in [0.15, 0.2) is 35.7 Å². The smallest absolute Gasteiger partial charge is 0.251 e. The summed E-state index contributed by atoms with van der Waals surface area (Å²) in [6, 6.07) is 9.93. The van der Waals surface area contributed by atoms with Crippen LogP contribution in [-0.4, -0.2) is 12.5 Å². The Labute approximate surface area is 116 Å². The van der Waals surface area contributed by atoms with Crippen molar-refractivity contribution in [1.29, 1.82) is 0 Å². The summed E-state index contributed by atoms with van der Waals surface area (Å²) in [6.07, 6.45) is 2.18. The van der Waals surface area contributed by atoms with Crippen molar-refractivity contribution >= 4 is 22.9 Å². The van der Waals surface area contributed by atoms with Crippen molar-refractivity contribution < 1.29 is 4.79 Å². The summed E-state index contributed by atoms with van der Waals surface area (Å²) in [5.74, 6) is 0.00164. The minimum absolute atomic E-state index is 0.00164. The molecule has 0 fully saturated rings. The second-order valence-electron chi connectivity index (χ2n) is 4.66. The molecule has 3 rings (SSSR count). The molecule has 0 atom stereocenters. The van der Waals surface area contributed by atoms with E-state index in [1.807, 2.05) is 35.7 Å². The van der Waals surface area contributed by atoms with Gasteiger partial charge in [-0.3, -0.25) is 4.79 Å². The summed E-state index contributed by atoms with van der Waals surface area (Å²) in [4.78, 5) is 13.3. The van der Waals surface area contributed by atoms with Gasteiger partial charge in [0.25, 0.3) is 5.91 Å². The van der Waals surface area contributed by atoms with Crippen molar-refractivity contribution in [3.05, 3.63) is 51.7 Å². The molecule has 1 amide bonds. The van der Waals surface area contributed by atoms with Crippen LogP contribution in [0.5, 0.6) is 0 Å². The monoisotopic (exact) mass is 272 g/mol. The first kappa shape index (κ1) is 12.2. The van der Waals surface area contributed by atoms with Crippen molar-refractivity contribution in [2.24, 2.45) is 0 Å². The Kier molecular flexibility index (Phi) is 3.51. The highest BCUT2D eigenvalue weighted by Gasteiger charge is 2.12. The van der Waals surface area contributed by atoms with Crippen molar-refractivity contribution in [2.75, 3.05) is 11.9 Å². The lowest BCUT2D eigenvalue weighted by Gasteiger charge is -2.18. The van der Waals surface area contributed by atoms with Gasteiger partial charge in [0.15, 0.2) is 0 Å². The van der Waals surface area contributed by atoms with E-state index in [4.69, 9.17) is 0 Å². The van der Waals surface area contributed by atoms with Gasteiger partial charge in [-0.2, -0.15) is 0 Å². The van der Waals surface area contributed by atoms with E-state index in [1.165, 1.54) is 16.1 Å². The zero-order chi connectivity index (χ0) is 13.1. The predicted octanol–water partition coefficient (Wildman–Crippen LogP) is 3.04. The van der Waals surface area contributed by atoms with E-state index in [2.05, 4.69) is 10.6 Å². The molecule has 0 saturated carbocycles. The molecule has 2 aromatic rings. The minimum atomic E-state index is 0.00164. The average Bonchev–Trinajstić information content (AvgIpc) is 2.97. The van der Waals surface area contributed by atoms with E-state index in [0.29, 0.717) is 6.54 Å². The number of anilines is 1. The number of hydrogen-bond acceptors (Lipinski definition) is 3. The van der Waals surface area contributed by atoms with Gasteiger partial charge in [-0.05, 0) is 48.1 Å². The molecule has 19 heavy (non-hydrogen) atoms. The summed E-state index contributed by atoms with van der Waals surface area (Å²) < 4.78 is 0. The molecular weight excluding hydrogens is 256 g/mol. The lowest BCUT2D eigenvalue weighted by molar-refractivity contribution is 0.0951. The highest BCUT2D eigenvalue weighted by Crippen LogP contribution is 2.22. The molecule has 0 spiro atoms. The van der Waals surface area contributed by atoms with Crippen molar-refractivity contribution in [1.82, 2.24) is 5.32 Å². The fraction of sp³-hybridized carbons (Fsp3) is 0.267. The molecule has 0 bridgehead atoms. The fourth-order valence-electron chi connectivity index (χ4n) is 2.30. The van der Waals surface area contributed by atoms with Crippen LogP contribution in [0.25, 0.3) is 0 Å². The van der Waals surface area contributed by atoms with Gasteiger partial charge in [0, 0.05) is 22.7 Å². The van der Waals surface area contributed by atoms with Crippen LogP contribution >= 0.6 is 11.3 Å². The van der Waals surface area contributed by atoms with Gasteiger partial charge < -0.3 is 10.6 Å². The van der Waals surface area contributed by atoms with Gasteiger partial charge in [0.2, 0.25) is 0 Å². The third kappa shape index (κ3) is 2.79. The summed E-state index contributed by atoms with van der Waals surface area (Å²) in [7, 11) is 0. The number of rotatable bonds is 3. The summed E-state index contributed by atoms with van der Waals surface area (Å²) >= 11 is 1.66. The van der Waals surface area contributed by atoms with E-state index in [1.54, 1.807) is 11.3 Å². The van der Waals surface area contributed by atoms with Gasteiger partial charge in [-0.25, -0.2) is 0 Å². The van der Waals surface area contributed by atoms with Crippen molar-refractivity contribution in [3.8, 4) is 0 Å². The van der Waals surface area contributed by atoms with E-state index in [9.17, 15) is 4.79 Å². The molecule has 2 N–H and O–H groups in total. The highest BCUT2D eigenvalue weighted by molar-refractivity contribution is 7.09. The normalized spacial score (nSPS) is 13.5. The first-order valence-electron chi connectivity index (χ1n) is 6.50. The van der Waals surface area contributed by atoms with Crippen LogP contribution in [0.2, 0.25) is 0 Å².